The van der Waals surface area contributed by atoms with Crippen molar-refractivity contribution in [3.05, 3.63) is 73.7 Å². The molecule has 222 valence electrons. The molecule has 1 atom stereocenters. The number of halogens is 1. The van der Waals surface area contributed by atoms with Gasteiger partial charge in [-0.25, -0.2) is 14.3 Å². The van der Waals surface area contributed by atoms with E-state index in [2.05, 4.69) is 4.98 Å². The van der Waals surface area contributed by atoms with Crippen LogP contribution in [0.3, 0.4) is 0 Å². The SMILES string of the molecule is Cc1c(-c2ncco2)sc2c1c(=O)n(C(C)(C)C(=O)N1CCC1)c(=O)n2CC(OC1CCOCC1)c1ccccc1Cl. The van der Waals surface area contributed by atoms with Crippen molar-refractivity contribution in [2.75, 3.05) is 26.3 Å². The number of aromatic nitrogens is 3. The smallest absolute Gasteiger partial charge is 0.333 e. The molecule has 2 aliphatic rings. The highest BCUT2D eigenvalue weighted by molar-refractivity contribution is 7.22. The fourth-order valence-corrected chi connectivity index (χ4v) is 7.20. The Kier molecular flexibility index (Phi) is 7.86. The number of carbonyl (C=O) groups is 1. The number of hydrogen-bond acceptors (Lipinski definition) is 8. The molecule has 2 aliphatic heterocycles. The first-order valence-electron chi connectivity index (χ1n) is 14.1. The number of carbonyl (C=O) groups excluding carboxylic acids is 1. The Morgan fingerprint density at radius 2 is 1.95 bits per heavy atom. The number of fused-ring (bicyclic) bond motifs is 1. The molecule has 6 rings (SSSR count). The average molecular weight is 613 g/mol. The van der Waals surface area contributed by atoms with Crippen LogP contribution in [0.15, 0.2) is 50.7 Å². The van der Waals surface area contributed by atoms with Crippen LogP contribution in [-0.4, -0.2) is 57.3 Å². The fourth-order valence-electron chi connectivity index (χ4n) is 5.70. The lowest BCUT2D eigenvalue weighted by Gasteiger charge is -2.38. The first-order chi connectivity index (χ1) is 20.2. The molecule has 1 amide bonds. The van der Waals surface area contributed by atoms with Crippen molar-refractivity contribution in [2.45, 2.75) is 64.3 Å². The van der Waals surface area contributed by atoms with E-state index < -0.39 is 22.9 Å². The summed E-state index contributed by atoms with van der Waals surface area (Å²) in [6, 6.07) is 7.41. The molecule has 3 aromatic heterocycles. The Balaban J connectivity index is 1.56. The molecule has 0 aliphatic carbocycles. The summed E-state index contributed by atoms with van der Waals surface area (Å²) >= 11 is 7.93. The van der Waals surface area contributed by atoms with Gasteiger partial charge in [0.2, 0.25) is 11.8 Å². The highest BCUT2D eigenvalue weighted by Crippen LogP contribution is 2.37. The third-order valence-electron chi connectivity index (χ3n) is 8.19. The molecule has 2 saturated heterocycles. The van der Waals surface area contributed by atoms with Crippen molar-refractivity contribution in [1.82, 2.24) is 19.0 Å². The Hall–Kier alpha value is -3.25. The number of amides is 1. The molecule has 2 fully saturated rings. The van der Waals surface area contributed by atoms with E-state index in [1.165, 1.54) is 23.8 Å². The Morgan fingerprint density at radius 1 is 1.21 bits per heavy atom. The van der Waals surface area contributed by atoms with Gasteiger partial charge in [-0.15, -0.1) is 11.3 Å². The normalized spacial score (nSPS) is 17.0. The number of thiophene rings is 1. The van der Waals surface area contributed by atoms with Crippen LogP contribution in [0.5, 0.6) is 0 Å². The van der Waals surface area contributed by atoms with Gasteiger partial charge in [0.05, 0.1) is 29.1 Å². The predicted octanol–water partition coefficient (Wildman–Crippen LogP) is 4.75. The monoisotopic (exact) mass is 612 g/mol. The number of benzene rings is 1. The first-order valence-corrected chi connectivity index (χ1v) is 15.3. The van der Waals surface area contributed by atoms with E-state index in [4.69, 9.17) is 25.5 Å². The van der Waals surface area contributed by atoms with E-state index in [9.17, 15) is 14.4 Å². The maximum Gasteiger partial charge on any atom is 0.333 e. The molecule has 12 heteroatoms. The molecule has 10 nitrogen and oxygen atoms in total. The van der Waals surface area contributed by atoms with Crippen LogP contribution in [-0.2, 0) is 26.4 Å². The van der Waals surface area contributed by atoms with E-state index in [1.807, 2.05) is 25.1 Å². The van der Waals surface area contributed by atoms with Crippen molar-refractivity contribution in [2.24, 2.45) is 0 Å². The second kappa shape index (κ2) is 11.4. The number of aryl methyl sites for hydroxylation is 1. The Labute approximate surface area is 251 Å². The highest BCUT2D eigenvalue weighted by Gasteiger charge is 2.40. The fraction of sp³-hybridized carbons (Fsp3) is 0.467. The van der Waals surface area contributed by atoms with Crippen LogP contribution in [0.4, 0.5) is 0 Å². The zero-order valence-electron chi connectivity index (χ0n) is 23.8. The number of oxazole rings is 1. The minimum absolute atomic E-state index is 0.0790. The van der Waals surface area contributed by atoms with E-state index in [1.54, 1.807) is 29.4 Å². The van der Waals surface area contributed by atoms with Gasteiger partial charge < -0.3 is 18.8 Å². The molecule has 42 heavy (non-hydrogen) atoms. The quantitative estimate of drug-likeness (QED) is 0.283. The van der Waals surface area contributed by atoms with E-state index in [-0.39, 0.29) is 18.6 Å². The summed E-state index contributed by atoms with van der Waals surface area (Å²) in [4.78, 5) is 49.3. The number of nitrogens with zero attached hydrogens (tertiary/aromatic N) is 4. The zero-order valence-corrected chi connectivity index (χ0v) is 25.4. The van der Waals surface area contributed by atoms with Gasteiger partial charge in [0.25, 0.3) is 5.56 Å². The summed E-state index contributed by atoms with van der Waals surface area (Å²) in [5.74, 6) is 0.0939. The Morgan fingerprint density at radius 3 is 2.60 bits per heavy atom. The second-order valence-electron chi connectivity index (χ2n) is 11.3. The summed E-state index contributed by atoms with van der Waals surface area (Å²) in [6.45, 7) is 7.54. The van der Waals surface area contributed by atoms with Gasteiger partial charge in [-0.05, 0) is 51.7 Å². The predicted molar refractivity (Wildman–Crippen MR) is 160 cm³/mol. The highest BCUT2D eigenvalue weighted by atomic mass is 35.5. The van der Waals surface area contributed by atoms with Crippen LogP contribution in [0.1, 0.15) is 50.3 Å². The molecule has 5 heterocycles. The standard InChI is InChI=1S/C30H33ClN4O6S/c1-18-23-26(36)35(30(2,3)28(37)33-12-6-13-33)29(38)34(27(23)42-24(18)25-32-11-16-40-25)17-22(20-7-4-5-8-21(20)31)41-19-9-14-39-15-10-19/h4-5,7-8,11,16,19,22H,6,9-10,12-15,17H2,1-3H3. The molecule has 0 radical (unpaired) electrons. The van der Waals surface area contributed by atoms with Gasteiger partial charge >= 0.3 is 5.69 Å². The first kappa shape index (κ1) is 28.9. The van der Waals surface area contributed by atoms with Crippen LogP contribution in [0.25, 0.3) is 21.0 Å². The van der Waals surface area contributed by atoms with Gasteiger partial charge in [-0.2, -0.15) is 0 Å². The minimum atomic E-state index is -1.41. The van der Waals surface area contributed by atoms with Crippen molar-refractivity contribution >= 4 is 39.1 Å². The van der Waals surface area contributed by atoms with Crippen molar-refractivity contribution in [1.29, 1.82) is 0 Å². The third-order valence-corrected chi connectivity index (χ3v) is 9.84. The summed E-state index contributed by atoms with van der Waals surface area (Å²) in [6.07, 6.45) is 4.64. The van der Waals surface area contributed by atoms with Gasteiger partial charge in [0, 0.05) is 36.9 Å². The second-order valence-corrected chi connectivity index (χ2v) is 12.7. The lowest BCUT2D eigenvalue weighted by molar-refractivity contribution is -0.143. The van der Waals surface area contributed by atoms with Crippen molar-refractivity contribution in [3.8, 4) is 10.8 Å². The molecule has 1 unspecified atom stereocenters. The zero-order chi connectivity index (χ0) is 29.6. The van der Waals surface area contributed by atoms with E-state index in [0.717, 1.165) is 16.6 Å². The summed E-state index contributed by atoms with van der Waals surface area (Å²) in [7, 11) is 0. The lowest BCUT2D eigenvalue weighted by Crippen LogP contribution is -2.59. The molecule has 4 aromatic rings. The van der Waals surface area contributed by atoms with Gasteiger partial charge in [0.15, 0.2) is 0 Å². The topological polar surface area (TPSA) is 109 Å². The molecular weight excluding hydrogens is 580 g/mol. The van der Waals surface area contributed by atoms with Crippen molar-refractivity contribution in [3.63, 3.8) is 0 Å². The minimum Gasteiger partial charge on any atom is -0.444 e. The van der Waals surface area contributed by atoms with E-state index >= 15 is 0 Å². The van der Waals surface area contributed by atoms with Crippen LogP contribution in [0.2, 0.25) is 5.02 Å². The summed E-state index contributed by atoms with van der Waals surface area (Å²) < 4.78 is 20.4. The number of likely N-dealkylation sites (tertiary alicyclic amines) is 1. The number of hydrogen-bond donors (Lipinski definition) is 0. The van der Waals surface area contributed by atoms with Crippen LogP contribution in [0, 0.1) is 6.92 Å². The number of rotatable bonds is 8. The third kappa shape index (κ3) is 5.02. The molecule has 0 bridgehead atoms. The van der Waals surface area contributed by atoms with Gasteiger partial charge in [-0.3, -0.25) is 14.2 Å². The molecule has 0 spiro atoms. The molecule has 1 aromatic carbocycles. The number of ether oxygens (including phenoxy) is 2. The lowest BCUT2D eigenvalue weighted by atomic mass is 10.00. The van der Waals surface area contributed by atoms with Crippen LogP contribution < -0.4 is 11.2 Å². The molecular formula is C30H33ClN4O6S. The Bertz CT molecular complexity index is 1730. The van der Waals surface area contributed by atoms with Crippen LogP contribution >= 0.6 is 22.9 Å². The largest absolute Gasteiger partial charge is 0.444 e. The van der Waals surface area contributed by atoms with Gasteiger partial charge in [-0.1, -0.05) is 29.8 Å². The summed E-state index contributed by atoms with van der Waals surface area (Å²) in [5, 5.41) is 0.865. The van der Waals surface area contributed by atoms with Crippen molar-refractivity contribution < 1.29 is 18.7 Å². The van der Waals surface area contributed by atoms with Gasteiger partial charge in [0.1, 0.15) is 22.7 Å². The molecule has 0 N–H and O–H groups in total. The summed E-state index contributed by atoms with van der Waals surface area (Å²) in [5.41, 5.74) is -1.14. The molecule has 0 saturated carbocycles. The van der Waals surface area contributed by atoms with E-state index in [0.29, 0.717) is 70.7 Å². The maximum atomic E-state index is 14.4. The maximum absolute atomic E-state index is 14.4. The average Bonchev–Trinajstić information content (AvgIpc) is 3.58.